The quantitative estimate of drug-likeness (QED) is 0.514. The Hall–Kier alpha value is -2.72. The van der Waals surface area contributed by atoms with Crippen molar-refractivity contribution in [1.82, 2.24) is 0 Å². The van der Waals surface area contributed by atoms with Crippen molar-refractivity contribution in [1.29, 1.82) is 0 Å². The van der Waals surface area contributed by atoms with E-state index in [0.717, 1.165) is 27.3 Å². The highest BCUT2D eigenvalue weighted by atomic mass is 32.2. The maximum atomic E-state index is 12.3. The van der Waals surface area contributed by atoms with Crippen molar-refractivity contribution in [2.24, 2.45) is 11.1 Å². The first kappa shape index (κ1) is 20.0. The van der Waals surface area contributed by atoms with Crippen LogP contribution in [0.1, 0.15) is 18.9 Å². The van der Waals surface area contributed by atoms with Crippen molar-refractivity contribution in [3.63, 3.8) is 0 Å². The second-order valence-corrected chi connectivity index (χ2v) is 8.39. The molecule has 1 unspecified atom stereocenters. The van der Waals surface area contributed by atoms with E-state index in [9.17, 15) is 9.90 Å². The van der Waals surface area contributed by atoms with Crippen LogP contribution in [0.5, 0.6) is 5.75 Å². The summed E-state index contributed by atoms with van der Waals surface area (Å²) in [5.74, 6) is 0.753. The number of phenolic OH excluding ortho intramolecular Hbond substituents is 1. The van der Waals surface area contributed by atoms with Gasteiger partial charge in [-0.25, -0.2) is 0 Å². The SMILES string of the molecule is CC(CCSc1ccc(O)cc1)(Cc1ccccc1-c1ccccc1)C(N)=O. The predicted octanol–water partition coefficient (Wildman–Crippen LogP) is 5.28. The van der Waals surface area contributed by atoms with E-state index in [1.165, 1.54) is 0 Å². The summed E-state index contributed by atoms with van der Waals surface area (Å²) in [4.78, 5) is 13.4. The first-order valence-corrected chi connectivity index (χ1v) is 10.3. The zero-order valence-electron chi connectivity index (χ0n) is 16.0. The summed E-state index contributed by atoms with van der Waals surface area (Å²) in [7, 11) is 0. The number of amides is 1. The van der Waals surface area contributed by atoms with Crippen LogP contribution in [-0.4, -0.2) is 16.8 Å². The number of hydrogen-bond donors (Lipinski definition) is 2. The van der Waals surface area contributed by atoms with E-state index in [4.69, 9.17) is 5.73 Å². The van der Waals surface area contributed by atoms with Gasteiger partial charge in [0.05, 0.1) is 5.41 Å². The van der Waals surface area contributed by atoms with Gasteiger partial charge in [0, 0.05) is 4.90 Å². The smallest absolute Gasteiger partial charge is 0.223 e. The molecule has 3 rings (SSSR count). The number of primary amides is 1. The molecule has 28 heavy (non-hydrogen) atoms. The molecule has 0 aromatic heterocycles. The van der Waals surface area contributed by atoms with E-state index in [2.05, 4.69) is 24.3 Å². The summed E-state index contributed by atoms with van der Waals surface area (Å²) in [5.41, 5.74) is 8.61. The predicted molar refractivity (Wildman–Crippen MR) is 116 cm³/mol. The van der Waals surface area contributed by atoms with Gasteiger partial charge < -0.3 is 10.8 Å². The highest BCUT2D eigenvalue weighted by Crippen LogP contribution is 2.34. The minimum atomic E-state index is -0.630. The third-order valence-electron chi connectivity index (χ3n) is 5.04. The Labute approximate surface area is 170 Å². The number of rotatable bonds is 8. The first-order chi connectivity index (χ1) is 13.5. The lowest BCUT2D eigenvalue weighted by atomic mass is 9.78. The highest BCUT2D eigenvalue weighted by molar-refractivity contribution is 7.99. The van der Waals surface area contributed by atoms with Gasteiger partial charge in [-0.3, -0.25) is 4.79 Å². The number of carbonyl (C=O) groups is 1. The summed E-state index contributed by atoms with van der Waals surface area (Å²) in [6, 6.07) is 25.5. The van der Waals surface area contributed by atoms with E-state index < -0.39 is 5.41 Å². The average molecular weight is 392 g/mol. The lowest BCUT2D eigenvalue weighted by Gasteiger charge is -2.27. The number of phenols is 1. The lowest BCUT2D eigenvalue weighted by molar-refractivity contribution is -0.126. The lowest BCUT2D eigenvalue weighted by Crippen LogP contribution is -2.37. The Bertz CT molecular complexity index is 925. The fraction of sp³-hybridized carbons (Fsp3) is 0.208. The Morgan fingerprint density at radius 1 is 0.964 bits per heavy atom. The van der Waals surface area contributed by atoms with Gasteiger partial charge in [-0.1, -0.05) is 61.5 Å². The normalized spacial score (nSPS) is 13.0. The molecule has 1 atom stereocenters. The largest absolute Gasteiger partial charge is 0.508 e. The highest BCUT2D eigenvalue weighted by Gasteiger charge is 2.31. The minimum absolute atomic E-state index is 0.254. The van der Waals surface area contributed by atoms with Gasteiger partial charge in [-0.2, -0.15) is 0 Å². The van der Waals surface area contributed by atoms with Crippen molar-refractivity contribution in [2.75, 3.05) is 5.75 Å². The van der Waals surface area contributed by atoms with Crippen molar-refractivity contribution in [2.45, 2.75) is 24.7 Å². The van der Waals surface area contributed by atoms with Gasteiger partial charge in [0.1, 0.15) is 5.75 Å². The molecule has 3 aromatic carbocycles. The van der Waals surface area contributed by atoms with Gasteiger partial charge in [-0.15, -0.1) is 11.8 Å². The molecule has 144 valence electrons. The average Bonchev–Trinajstić information content (AvgIpc) is 2.70. The van der Waals surface area contributed by atoms with Gasteiger partial charge >= 0.3 is 0 Å². The van der Waals surface area contributed by atoms with Gasteiger partial charge in [-0.05, 0) is 59.6 Å². The van der Waals surface area contributed by atoms with Crippen LogP contribution in [0.2, 0.25) is 0 Å². The van der Waals surface area contributed by atoms with Crippen molar-refractivity contribution < 1.29 is 9.90 Å². The number of benzene rings is 3. The molecule has 0 fully saturated rings. The number of thioether (sulfide) groups is 1. The third kappa shape index (κ3) is 4.96. The Morgan fingerprint density at radius 3 is 2.29 bits per heavy atom. The summed E-state index contributed by atoms with van der Waals surface area (Å²) in [5, 5.41) is 9.40. The Balaban J connectivity index is 1.75. The van der Waals surface area contributed by atoms with E-state index in [1.54, 1.807) is 23.9 Å². The topological polar surface area (TPSA) is 63.3 Å². The summed E-state index contributed by atoms with van der Waals surface area (Å²) >= 11 is 1.67. The summed E-state index contributed by atoms with van der Waals surface area (Å²) < 4.78 is 0. The standard InChI is InChI=1S/C24H25NO2S/c1-24(23(25)27,15-16-28-21-13-11-20(26)12-14-21)17-19-9-5-6-10-22(19)18-7-3-2-4-8-18/h2-14,26H,15-17H2,1H3,(H2,25,27). The summed E-state index contributed by atoms with van der Waals surface area (Å²) in [6.07, 6.45) is 1.28. The van der Waals surface area contributed by atoms with Crippen LogP contribution in [0.25, 0.3) is 11.1 Å². The monoisotopic (exact) mass is 391 g/mol. The number of aromatic hydroxyl groups is 1. The molecule has 0 aliphatic rings. The van der Waals surface area contributed by atoms with E-state index in [0.29, 0.717) is 12.8 Å². The van der Waals surface area contributed by atoms with E-state index in [1.807, 2.05) is 49.4 Å². The molecule has 0 saturated carbocycles. The van der Waals surface area contributed by atoms with Gasteiger partial charge in [0.25, 0.3) is 0 Å². The first-order valence-electron chi connectivity index (χ1n) is 9.33. The maximum absolute atomic E-state index is 12.3. The Kier molecular flexibility index (Phi) is 6.42. The number of nitrogens with two attached hydrogens (primary N) is 1. The van der Waals surface area contributed by atoms with E-state index >= 15 is 0 Å². The second kappa shape index (κ2) is 8.98. The van der Waals surface area contributed by atoms with Crippen LogP contribution in [0.3, 0.4) is 0 Å². The molecule has 0 radical (unpaired) electrons. The molecular formula is C24H25NO2S. The fourth-order valence-electron chi connectivity index (χ4n) is 3.23. The third-order valence-corrected chi connectivity index (χ3v) is 6.05. The molecule has 3 aromatic rings. The molecule has 3 nitrogen and oxygen atoms in total. The van der Waals surface area contributed by atoms with Crippen LogP contribution in [0.4, 0.5) is 0 Å². The number of carbonyl (C=O) groups excluding carboxylic acids is 1. The zero-order chi connectivity index (χ0) is 20.0. The molecule has 0 heterocycles. The molecule has 0 bridgehead atoms. The molecule has 1 amide bonds. The van der Waals surface area contributed by atoms with E-state index in [-0.39, 0.29) is 11.7 Å². The van der Waals surface area contributed by atoms with Crippen LogP contribution in [-0.2, 0) is 11.2 Å². The van der Waals surface area contributed by atoms with Crippen molar-refractivity contribution in [3.05, 3.63) is 84.4 Å². The van der Waals surface area contributed by atoms with Gasteiger partial charge in [0.2, 0.25) is 5.91 Å². The van der Waals surface area contributed by atoms with Gasteiger partial charge in [0.15, 0.2) is 0 Å². The zero-order valence-corrected chi connectivity index (χ0v) is 16.8. The van der Waals surface area contributed by atoms with Crippen LogP contribution < -0.4 is 5.73 Å². The molecule has 4 heteroatoms. The van der Waals surface area contributed by atoms with Crippen molar-refractivity contribution in [3.8, 4) is 16.9 Å². The summed E-state index contributed by atoms with van der Waals surface area (Å²) in [6.45, 7) is 1.95. The van der Waals surface area contributed by atoms with Crippen LogP contribution in [0.15, 0.2) is 83.8 Å². The number of hydrogen-bond acceptors (Lipinski definition) is 3. The van der Waals surface area contributed by atoms with Crippen LogP contribution in [0, 0.1) is 5.41 Å². The Morgan fingerprint density at radius 2 is 1.61 bits per heavy atom. The van der Waals surface area contributed by atoms with Crippen molar-refractivity contribution >= 4 is 17.7 Å². The molecule has 0 aliphatic carbocycles. The molecule has 3 N–H and O–H groups in total. The molecule has 0 spiro atoms. The molecular weight excluding hydrogens is 366 g/mol. The minimum Gasteiger partial charge on any atom is -0.508 e. The fourth-order valence-corrected chi connectivity index (χ4v) is 4.35. The maximum Gasteiger partial charge on any atom is 0.223 e. The second-order valence-electron chi connectivity index (χ2n) is 7.22. The molecule has 0 saturated heterocycles. The van der Waals surface area contributed by atoms with Crippen LogP contribution >= 0.6 is 11.8 Å². The molecule has 0 aliphatic heterocycles.